The van der Waals surface area contributed by atoms with E-state index in [4.69, 9.17) is 0 Å². The maximum atomic E-state index is 13.6. The minimum atomic E-state index is -0.497. The Bertz CT molecular complexity index is 504. The molecule has 1 fully saturated rings. The molecule has 0 bridgehead atoms. The number of hydrogen-bond acceptors (Lipinski definition) is 2. The standard InChI is InChI=1S/C15H19FN2O2/c1-2-14(19)17-8-5-9-18(11-10-17)15(20)12-6-3-4-7-13(12)16/h3-4,6-7H,2,5,8-11H2,1H3. The predicted molar refractivity (Wildman–Crippen MR) is 73.8 cm³/mol. The summed E-state index contributed by atoms with van der Waals surface area (Å²) in [5, 5.41) is 0. The lowest BCUT2D eigenvalue weighted by molar-refractivity contribution is -0.130. The summed E-state index contributed by atoms with van der Waals surface area (Å²) in [6.45, 7) is 4.02. The average molecular weight is 278 g/mol. The van der Waals surface area contributed by atoms with Gasteiger partial charge < -0.3 is 9.80 Å². The second-order valence-electron chi connectivity index (χ2n) is 4.86. The van der Waals surface area contributed by atoms with Gasteiger partial charge in [0.15, 0.2) is 0 Å². The van der Waals surface area contributed by atoms with Gasteiger partial charge in [0.1, 0.15) is 5.82 Å². The molecule has 20 heavy (non-hydrogen) atoms. The molecule has 1 aromatic rings. The van der Waals surface area contributed by atoms with Crippen molar-refractivity contribution >= 4 is 11.8 Å². The number of nitrogens with zero attached hydrogens (tertiary/aromatic N) is 2. The molecule has 5 heteroatoms. The van der Waals surface area contributed by atoms with E-state index < -0.39 is 5.82 Å². The molecule has 2 rings (SSSR count). The highest BCUT2D eigenvalue weighted by Gasteiger charge is 2.23. The zero-order valence-electron chi connectivity index (χ0n) is 11.6. The lowest BCUT2D eigenvalue weighted by Gasteiger charge is -2.22. The first kappa shape index (κ1) is 14.5. The first-order chi connectivity index (χ1) is 9.63. The van der Waals surface area contributed by atoms with Crippen LogP contribution in [0.3, 0.4) is 0 Å². The van der Waals surface area contributed by atoms with Crippen molar-refractivity contribution in [3.63, 3.8) is 0 Å². The fourth-order valence-electron chi connectivity index (χ4n) is 2.40. The van der Waals surface area contributed by atoms with Crippen molar-refractivity contribution in [3.8, 4) is 0 Å². The third kappa shape index (κ3) is 3.15. The number of hydrogen-bond donors (Lipinski definition) is 0. The minimum Gasteiger partial charge on any atom is -0.341 e. The van der Waals surface area contributed by atoms with Gasteiger partial charge in [-0.3, -0.25) is 9.59 Å². The Balaban J connectivity index is 2.05. The number of carbonyl (C=O) groups is 2. The van der Waals surface area contributed by atoms with Gasteiger partial charge in [0, 0.05) is 32.6 Å². The van der Waals surface area contributed by atoms with Crippen molar-refractivity contribution in [1.29, 1.82) is 0 Å². The number of amides is 2. The van der Waals surface area contributed by atoms with Crippen LogP contribution >= 0.6 is 0 Å². The van der Waals surface area contributed by atoms with Crippen LogP contribution in [0.2, 0.25) is 0 Å². The van der Waals surface area contributed by atoms with E-state index in [0.717, 1.165) is 6.42 Å². The van der Waals surface area contributed by atoms with E-state index in [0.29, 0.717) is 32.6 Å². The molecular formula is C15H19FN2O2. The van der Waals surface area contributed by atoms with Crippen LogP contribution in [0.25, 0.3) is 0 Å². The summed E-state index contributed by atoms with van der Waals surface area (Å²) >= 11 is 0. The van der Waals surface area contributed by atoms with E-state index >= 15 is 0 Å². The number of benzene rings is 1. The maximum Gasteiger partial charge on any atom is 0.256 e. The van der Waals surface area contributed by atoms with E-state index in [1.165, 1.54) is 12.1 Å². The van der Waals surface area contributed by atoms with Gasteiger partial charge in [-0.25, -0.2) is 4.39 Å². The summed E-state index contributed by atoms with van der Waals surface area (Å²) in [4.78, 5) is 27.4. The SMILES string of the molecule is CCC(=O)N1CCCN(C(=O)c2ccccc2F)CC1. The minimum absolute atomic E-state index is 0.0998. The third-order valence-electron chi connectivity index (χ3n) is 3.54. The van der Waals surface area contributed by atoms with Crippen LogP contribution in [0.4, 0.5) is 4.39 Å². The smallest absolute Gasteiger partial charge is 0.256 e. The zero-order chi connectivity index (χ0) is 14.5. The van der Waals surface area contributed by atoms with Crippen LogP contribution in [-0.4, -0.2) is 47.8 Å². The Morgan fingerprint density at radius 2 is 1.75 bits per heavy atom. The van der Waals surface area contributed by atoms with Gasteiger partial charge in [-0.05, 0) is 18.6 Å². The summed E-state index contributed by atoms with van der Waals surface area (Å²) in [5.41, 5.74) is 0.0998. The Kier molecular flexibility index (Phi) is 4.71. The quantitative estimate of drug-likeness (QED) is 0.829. The molecule has 0 aromatic heterocycles. The first-order valence-corrected chi connectivity index (χ1v) is 6.95. The monoisotopic (exact) mass is 278 g/mol. The summed E-state index contributed by atoms with van der Waals surface area (Å²) in [6.07, 6.45) is 1.20. The van der Waals surface area contributed by atoms with Crippen molar-refractivity contribution in [2.75, 3.05) is 26.2 Å². The lowest BCUT2D eigenvalue weighted by Crippen LogP contribution is -2.37. The molecule has 1 aliphatic rings. The number of halogens is 1. The van der Waals surface area contributed by atoms with E-state index in [1.807, 2.05) is 6.92 Å². The van der Waals surface area contributed by atoms with Crippen molar-refractivity contribution < 1.29 is 14.0 Å². The summed E-state index contributed by atoms with van der Waals surface area (Å²) < 4.78 is 13.6. The zero-order valence-corrected chi connectivity index (χ0v) is 11.6. The fraction of sp³-hybridized carbons (Fsp3) is 0.467. The largest absolute Gasteiger partial charge is 0.341 e. The molecule has 0 N–H and O–H groups in total. The molecule has 0 atom stereocenters. The molecule has 0 spiro atoms. The molecule has 0 radical (unpaired) electrons. The summed E-state index contributed by atoms with van der Waals surface area (Å²) in [7, 11) is 0. The van der Waals surface area contributed by atoms with Crippen LogP contribution in [0.5, 0.6) is 0 Å². The van der Waals surface area contributed by atoms with Crippen LogP contribution in [0.15, 0.2) is 24.3 Å². The highest BCUT2D eigenvalue weighted by atomic mass is 19.1. The Morgan fingerprint density at radius 3 is 2.45 bits per heavy atom. The Labute approximate surface area is 118 Å². The molecule has 4 nitrogen and oxygen atoms in total. The predicted octanol–water partition coefficient (Wildman–Crippen LogP) is 1.91. The van der Waals surface area contributed by atoms with E-state index in [2.05, 4.69) is 0 Å². The van der Waals surface area contributed by atoms with Gasteiger partial charge >= 0.3 is 0 Å². The molecule has 1 saturated heterocycles. The molecular weight excluding hydrogens is 259 g/mol. The first-order valence-electron chi connectivity index (χ1n) is 6.95. The molecule has 0 aliphatic carbocycles. The second-order valence-corrected chi connectivity index (χ2v) is 4.86. The second kappa shape index (κ2) is 6.50. The van der Waals surface area contributed by atoms with E-state index in [1.54, 1.807) is 21.9 Å². The lowest BCUT2D eigenvalue weighted by atomic mass is 10.2. The maximum absolute atomic E-state index is 13.6. The van der Waals surface area contributed by atoms with E-state index in [9.17, 15) is 14.0 Å². The van der Waals surface area contributed by atoms with Gasteiger partial charge in [0.05, 0.1) is 5.56 Å². The van der Waals surface area contributed by atoms with Crippen molar-refractivity contribution in [3.05, 3.63) is 35.6 Å². The summed E-state index contributed by atoms with van der Waals surface area (Å²) in [5.74, 6) is -0.692. The summed E-state index contributed by atoms with van der Waals surface area (Å²) in [6, 6.07) is 6.01. The molecule has 1 aromatic carbocycles. The number of rotatable bonds is 2. The molecule has 0 unspecified atom stereocenters. The van der Waals surface area contributed by atoms with Gasteiger partial charge in [0.25, 0.3) is 5.91 Å². The van der Waals surface area contributed by atoms with Gasteiger partial charge in [0.2, 0.25) is 5.91 Å². The molecule has 2 amide bonds. The van der Waals surface area contributed by atoms with Crippen molar-refractivity contribution in [2.45, 2.75) is 19.8 Å². The topological polar surface area (TPSA) is 40.6 Å². The van der Waals surface area contributed by atoms with Crippen LogP contribution < -0.4 is 0 Å². The highest BCUT2D eigenvalue weighted by Crippen LogP contribution is 2.13. The highest BCUT2D eigenvalue weighted by molar-refractivity contribution is 5.94. The molecule has 0 saturated carbocycles. The van der Waals surface area contributed by atoms with Crippen molar-refractivity contribution in [2.24, 2.45) is 0 Å². The third-order valence-corrected chi connectivity index (χ3v) is 3.54. The van der Waals surface area contributed by atoms with Crippen LogP contribution in [-0.2, 0) is 4.79 Å². The molecule has 1 aliphatic heterocycles. The molecule has 1 heterocycles. The van der Waals surface area contributed by atoms with Gasteiger partial charge in [-0.2, -0.15) is 0 Å². The van der Waals surface area contributed by atoms with Crippen LogP contribution in [0.1, 0.15) is 30.1 Å². The van der Waals surface area contributed by atoms with Crippen LogP contribution in [0, 0.1) is 5.82 Å². The van der Waals surface area contributed by atoms with Gasteiger partial charge in [-0.1, -0.05) is 19.1 Å². The van der Waals surface area contributed by atoms with E-state index in [-0.39, 0.29) is 17.4 Å². The fourth-order valence-corrected chi connectivity index (χ4v) is 2.40. The Morgan fingerprint density at radius 1 is 1.10 bits per heavy atom. The number of carbonyl (C=O) groups excluding carboxylic acids is 2. The Hall–Kier alpha value is -1.91. The van der Waals surface area contributed by atoms with Crippen molar-refractivity contribution in [1.82, 2.24) is 9.80 Å². The average Bonchev–Trinajstić information content (AvgIpc) is 2.72. The van der Waals surface area contributed by atoms with Gasteiger partial charge in [-0.15, -0.1) is 0 Å². The molecule has 108 valence electrons. The normalized spacial score (nSPS) is 15.9.